The Morgan fingerprint density at radius 1 is 1.03 bits per heavy atom. The van der Waals surface area contributed by atoms with Crippen molar-refractivity contribution in [3.8, 4) is 0 Å². The quantitative estimate of drug-likeness (QED) is 0.392. The molecule has 8 heteroatoms. The van der Waals surface area contributed by atoms with E-state index in [1.54, 1.807) is 36.4 Å². The molecule has 3 rings (SSSR count). The van der Waals surface area contributed by atoms with E-state index in [9.17, 15) is 21.9 Å². The molecule has 2 atom stereocenters. The topological polar surface area (TPSA) is 101 Å². The number of hydrogen-bond acceptors (Lipinski definition) is 6. The molecule has 1 fully saturated rings. The zero-order valence-corrected chi connectivity index (χ0v) is 19.6. The van der Waals surface area contributed by atoms with Crippen molar-refractivity contribution in [2.24, 2.45) is 0 Å². The fraction of sp³-hybridized carbons (Fsp3) is 0.375. The van der Waals surface area contributed by atoms with Gasteiger partial charge >= 0.3 is 0 Å². The largest absolute Gasteiger partial charge is 0.396 e. The average molecular weight is 477 g/mol. The second-order valence-corrected chi connectivity index (χ2v) is 12.9. The molecule has 1 N–H and O–H groups in total. The van der Waals surface area contributed by atoms with E-state index in [2.05, 4.69) is 12.3 Å². The predicted molar refractivity (Wildman–Crippen MR) is 123 cm³/mol. The van der Waals surface area contributed by atoms with E-state index in [0.717, 1.165) is 0 Å². The van der Waals surface area contributed by atoms with Gasteiger partial charge in [-0.25, -0.2) is 16.8 Å². The van der Waals surface area contributed by atoms with Crippen LogP contribution in [-0.2, 0) is 24.4 Å². The molecule has 0 spiro atoms. The Balaban J connectivity index is 2.22. The van der Waals surface area contributed by atoms with Crippen LogP contribution in [0, 0.1) is 0 Å². The summed E-state index contributed by atoms with van der Waals surface area (Å²) in [7, 11) is -8.77. The summed E-state index contributed by atoms with van der Waals surface area (Å²) in [5.74, 6) is 0. The van der Waals surface area contributed by atoms with Gasteiger partial charge < -0.3 is 9.84 Å². The molecule has 0 bridgehead atoms. The van der Waals surface area contributed by atoms with Gasteiger partial charge in [-0.1, -0.05) is 43.0 Å². The highest BCUT2D eigenvalue weighted by molar-refractivity contribution is 8.10. The summed E-state index contributed by atoms with van der Waals surface area (Å²) < 4.78 is 59.7. The van der Waals surface area contributed by atoms with Crippen molar-refractivity contribution >= 4 is 19.7 Å². The van der Waals surface area contributed by atoms with Crippen molar-refractivity contribution < 1.29 is 26.7 Å². The van der Waals surface area contributed by atoms with Crippen molar-refractivity contribution in [3.05, 3.63) is 79.0 Å². The third-order valence-corrected chi connectivity index (χ3v) is 11.7. The second-order valence-electron chi connectivity index (χ2n) is 8.11. The van der Waals surface area contributed by atoms with Crippen LogP contribution < -0.4 is 0 Å². The van der Waals surface area contributed by atoms with Crippen LogP contribution in [0.2, 0.25) is 0 Å². The van der Waals surface area contributed by atoms with Crippen molar-refractivity contribution in [3.63, 3.8) is 0 Å². The van der Waals surface area contributed by atoms with E-state index in [1.807, 2.05) is 6.92 Å². The third-order valence-electron chi connectivity index (χ3n) is 6.01. The fourth-order valence-electron chi connectivity index (χ4n) is 4.00. The van der Waals surface area contributed by atoms with Crippen LogP contribution in [-0.4, -0.2) is 44.3 Å². The molecule has 0 amide bonds. The number of epoxide rings is 1. The number of hydrogen-bond donors (Lipinski definition) is 1. The van der Waals surface area contributed by atoms with Gasteiger partial charge in [-0.2, -0.15) is 0 Å². The summed E-state index contributed by atoms with van der Waals surface area (Å²) in [6.07, 6.45) is 1.17. The zero-order valence-electron chi connectivity index (χ0n) is 18.0. The lowest BCUT2D eigenvalue weighted by atomic mass is 9.97. The summed E-state index contributed by atoms with van der Waals surface area (Å²) in [5, 5.41) is 9.18. The predicted octanol–water partition coefficient (Wildman–Crippen LogP) is 3.68. The zero-order chi connectivity index (χ0) is 23.5. The Morgan fingerprint density at radius 3 is 1.97 bits per heavy atom. The van der Waals surface area contributed by atoms with Crippen molar-refractivity contribution in [1.29, 1.82) is 0 Å². The maximum atomic E-state index is 14.0. The maximum Gasteiger partial charge on any atom is 0.199 e. The van der Waals surface area contributed by atoms with Crippen molar-refractivity contribution in [2.75, 3.05) is 6.61 Å². The molecule has 172 valence electrons. The van der Waals surface area contributed by atoms with E-state index in [-0.39, 0.29) is 29.2 Å². The number of sulfone groups is 2. The molecular weight excluding hydrogens is 448 g/mol. The standard InChI is InChI=1S/C24H28O6S2/c1-3-4-17-24(19-22-23(2,30-22)16-11-18-25,31(26,27)20-12-7-5-8-13-20)32(28,29)21-14-9-6-10-15-21/h4-10,12-15,22,25H,1,11,16-19H2,2H3. The van der Waals surface area contributed by atoms with Crippen molar-refractivity contribution in [1.82, 2.24) is 0 Å². The number of allylic oxidation sites excluding steroid dienone is 1. The second kappa shape index (κ2) is 9.33. The first-order valence-corrected chi connectivity index (χ1v) is 13.3. The SMILES string of the molecule is C=C=CCC(CC1OC1(C)CCCO)(S(=O)(=O)c1ccccc1)S(=O)(=O)c1ccccc1. The van der Waals surface area contributed by atoms with Gasteiger partial charge in [0, 0.05) is 19.4 Å². The Kier molecular flexibility index (Phi) is 7.12. The monoisotopic (exact) mass is 476 g/mol. The first kappa shape index (κ1) is 24.4. The minimum Gasteiger partial charge on any atom is -0.396 e. The lowest BCUT2D eigenvalue weighted by Crippen LogP contribution is -2.47. The lowest BCUT2D eigenvalue weighted by Gasteiger charge is -2.32. The molecule has 0 saturated carbocycles. The maximum absolute atomic E-state index is 14.0. The first-order chi connectivity index (χ1) is 15.1. The highest BCUT2D eigenvalue weighted by Gasteiger charge is 2.63. The fourth-order valence-corrected chi connectivity index (χ4v) is 8.97. The van der Waals surface area contributed by atoms with Gasteiger partial charge in [0.1, 0.15) is 0 Å². The van der Waals surface area contributed by atoms with Gasteiger partial charge in [0.05, 0.1) is 21.5 Å². The Morgan fingerprint density at radius 2 is 1.53 bits per heavy atom. The molecular formula is C24H28O6S2. The van der Waals surface area contributed by atoms with Gasteiger partial charge in [-0.3, -0.25) is 0 Å². The van der Waals surface area contributed by atoms with Gasteiger partial charge in [0.25, 0.3) is 0 Å². The van der Waals surface area contributed by atoms with Gasteiger partial charge in [-0.15, -0.1) is 5.73 Å². The highest BCUT2D eigenvalue weighted by Crippen LogP contribution is 2.51. The van der Waals surface area contributed by atoms with E-state index in [0.29, 0.717) is 12.8 Å². The van der Waals surface area contributed by atoms with Crippen LogP contribution in [0.4, 0.5) is 0 Å². The summed E-state index contributed by atoms with van der Waals surface area (Å²) in [6, 6.07) is 15.2. The molecule has 1 aliphatic rings. The molecule has 2 aromatic rings. The number of benzene rings is 2. The molecule has 0 aliphatic carbocycles. The third kappa shape index (κ3) is 4.34. The number of ether oxygens (including phenoxy) is 1. The van der Waals surface area contributed by atoms with Crippen LogP contribution in [0.3, 0.4) is 0 Å². The van der Waals surface area contributed by atoms with Gasteiger partial charge in [-0.05, 0) is 50.1 Å². The van der Waals surface area contributed by atoms with Crippen molar-refractivity contribution in [2.45, 2.75) is 58.2 Å². The summed E-state index contributed by atoms with van der Waals surface area (Å²) in [5.41, 5.74) is 1.85. The van der Waals surface area contributed by atoms with Crippen LogP contribution in [0.1, 0.15) is 32.6 Å². The lowest BCUT2D eigenvalue weighted by molar-refractivity contribution is 0.244. The van der Waals surface area contributed by atoms with Crippen LogP contribution in [0.5, 0.6) is 0 Å². The molecule has 6 nitrogen and oxygen atoms in total. The van der Waals surface area contributed by atoms with Crippen LogP contribution >= 0.6 is 0 Å². The molecule has 0 aromatic heterocycles. The average Bonchev–Trinajstić information content (AvgIpc) is 3.45. The molecule has 0 radical (unpaired) electrons. The first-order valence-electron chi connectivity index (χ1n) is 10.4. The number of aliphatic hydroxyl groups is 1. The Bertz CT molecular complexity index is 1110. The van der Waals surface area contributed by atoms with E-state index < -0.39 is 35.5 Å². The Labute approximate surface area is 190 Å². The van der Waals surface area contributed by atoms with E-state index >= 15 is 0 Å². The summed E-state index contributed by atoms with van der Waals surface area (Å²) in [4.78, 5) is -0.149. The minimum absolute atomic E-state index is 0.0271. The van der Waals surface area contributed by atoms with Crippen LogP contribution in [0.15, 0.2) is 88.8 Å². The minimum atomic E-state index is -4.38. The van der Waals surface area contributed by atoms with Crippen LogP contribution in [0.25, 0.3) is 0 Å². The van der Waals surface area contributed by atoms with E-state index in [4.69, 9.17) is 4.74 Å². The number of rotatable bonds is 11. The highest BCUT2D eigenvalue weighted by atomic mass is 32.3. The normalized spacial score (nSPS) is 21.0. The molecule has 2 unspecified atom stereocenters. The Hall–Kier alpha value is -2.22. The summed E-state index contributed by atoms with van der Waals surface area (Å²) >= 11 is 0. The number of aliphatic hydroxyl groups excluding tert-OH is 1. The smallest absolute Gasteiger partial charge is 0.199 e. The molecule has 1 heterocycles. The van der Waals surface area contributed by atoms with E-state index in [1.165, 1.54) is 30.3 Å². The molecule has 1 saturated heterocycles. The van der Waals surface area contributed by atoms with Gasteiger partial charge in [0.2, 0.25) is 0 Å². The summed E-state index contributed by atoms with van der Waals surface area (Å²) in [6.45, 7) is 5.29. The molecule has 2 aromatic carbocycles. The molecule has 32 heavy (non-hydrogen) atoms. The molecule has 1 aliphatic heterocycles. The van der Waals surface area contributed by atoms with Gasteiger partial charge in [0.15, 0.2) is 23.8 Å².